The number of nitrogens with one attached hydrogen (secondary N) is 1. The van der Waals surface area contributed by atoms with E-state index in [0.29, 0.717) is 0 Å². The van der Waals surface area contributed by atoms with Crippen LogP contribution in [0.4, 0.5) is 0 Å². The number of hydrogen-bond donors (Lipinski definition) is 1. The highest BCUT2D eigenvalue weighted by Crippen LogP contribution is 2.33. The molecule has 0 radical (unpaired) electrons. The Morgan fingerprint density at radius 1 is 1.22 bits per heavy atom. The van der Waals surface area contributed by atoms with Gasteiger partial charge in [-0.05, 0) is 50.8 Å². The van der Waals surface area contributed by atoms with Crippen LogP contribution in [-0.2, 0) is 0 Å². The lowest BCUT2D eigenvalue weighted by atomic mass is 9.94. The first-order valence-corrected chi connectivity index (χ1v) is 7.23. The van der Waals surface area contributed by atoms with Crippen molar-refractivity contribution in [3.05, 3.63) is 46.0 Å². The summed E-state index contributed by atoms with van der Waals surface area (Å²) in [6, 6.07) is 6.58. The molecular formula is C16H22ClN. The zero-order valence-corrected chi connectivity index (χ0v) is 12.1. The van der Waals surface area contributed by atoms with Gasteiger partial charge in [-0.2, -0.15) is 0 Å². The van der Waals surface area contributed by atoms with Crippen LogP contribution in [0.5, 0.6) is 0 Å². The van der Waals surface area contributed by atoms with Crippen molar-refractivity contribution in [1.29, 1.82) is 0 Å². The Balaban J connectivity index is 2.32. The van der Waals surface area contributed by atoms with Crippen molar-refractivity contribution in [1.82, 2.24) is 5.32 Å². The van der Waals surface area contributed by atoms with E-state index < -0.39 is 0 Å². The van der Waals surface area contributed by atoms with Gasteiger partial charge in [-0.1, -0.05) is 47.9 Å². The van der Waals surface area contributed by atoms with Crippen LogP contribution in [-0.4, -0.2) is 7.05 Å². The summed E-state index contributed by atoms with van der Waals surface area (Å²) in [6.07, 6.45) is 8.77. The summed E-state index contributed by atoms with van der Waals surface area (Å²) in [5, 5.41) is 4.34. The molecule has 98 valence electrons. The molecule has 0 amide bonds. The SMILES string of the molecule is CNC(C1=CCCCCC1)c1cccc(C)c1Cl. The lowest BCUT2D eigenvalue weighted by Crippen LogP contribution is -2.19. The fourth-order valence-corrected chi connectivity index (χ4v) is 2.97. The molecule has 1 aliphatic rings. The van der Waals surface area contributed by atoms with Crippen molar-refractivity contribution in [3.8, 4) is 0 Å². The molecule has 1 unspecified atom stereocenters. The van der Waals surface area contributed by atoms with Gasteiger partial charge in [-0.25, -0.2) is 0 Å². The molecule has 1 atom stereocenters. The minimum Gasteiger partial charge on any atom is -0.310 e. The van der Waals surface area contributed by atoms with E-state index in [4.69, 9.17) is 11.6 Å². The molecule has 0 spiro atoms. The van der Waals surface area contributed by atoms with Gasteiger partial charge in [0, 0.05) is 5.02 Å². The van der Waals surface area contributed by atoms with Crippen LogP contribution in [0.15, 0.2) is 29.8 Å². The van der Waals surface area contributed by atoms with Crippen LogP contribution in [0.2, 0.25) is 5.02 Å². The van der Waals surface area contributed by atoms with Crippen molar-refractivity contribution in [2.75, 3.05) is 7.05 Å². The fourth-order valence-electron chi connectivity index (χ4n) is 2.74. The minimum atomic E-state index is 0.274. The second-order valence-corrected chi connectivity index (χ2v) is 5.46. The second-order valence-electron chi connectivity index (χ2n) is 5.08. The molecule has 18 heavy (non-hydrogen) atoms. The van der Waals surface area contributed by atoms with Crippen LogP contribution >= 0.6 is 11.6 Å². The Hall–Kier alpha value is -0.790. The summed E-state index contributed by atoms with van der Waals surface area (Å²) in [4.78, 5) is 0. The van der Waals surface area contributed by atoms with Crippen LogP contribution in [0, 0.1) is 6.92 Å². The van der Waals surface area contributed by atoms with Gasteiger partial charge in [-0.15, -0.1) is 0 Å². The number of halogens is 1. The third kappa shape index (κ3) is 2.96. The van der Waals surface area contributed by atoms with Gasteiger partial charge in [0.15, 0.2) is 0 Å². The maximum atomic E-state index is 6.46. The van der Waals surface area contributed by atoms with E-state index in [2.05, 4.69) is 36.5 Å². The standard InChI is InChI=1S/C16H22ClN/c1-12-8-7-11-14(15(12)17)16(18-2)13-9-5-3-4-6-10-13/h7-9,11,16,18H,3-6,10H2,1-2H3. The van der Waals surface area contributed by atoms with Crippen molar-refractivity contribution < 1.29 is 0 Å². The summed E-state index contributed by atoms with van der Waals surface area (Å²) in [6.45, 7) is 2.07. The fraction of sp³-hybridized carbons (Fsp3) is 0.500. The molecule has 0 bridgehead atoms. The van der Waals surface area contributed by atoms with Gasteiger partial charge in [0.2, 0.25) is 0 Å². The first-order chi connectivity index (χ1) is 8.74. The third-order valence-electron chi connectivity index (χ3n) is 3.77. The van der Waals surface area contributed by atoms with Gasteiger partial charge < -0.3 is 5.32 Å². The Labute approximate surface area is 115 Å². The lowest BCUT2D eigenvalue weighted by Gasteiger charge is -2.22. The van der Waals surface area contributed by atoms with Crippen molar-refractivity contribution in [3.63, 3.8) is 0 Å². The normalized spacial score (nSPS) is 18.1. The zero-order valence-electron chi connectivity index (χ0n) is 11.3. The van der Waals surface area contributed by atoms with Gasteiger partial charge in [0.05, 0.1) is 6.04 Å². The zero-order chi connectivity index (χ0) is 13.0. The molecule has 0 fully saturated rings. The number of benzene rings is 1. The first-order valence-electron chi connectivity index (χ1n) is 6.85. The largest absolute Gasteiger partial charge is 0.310 e. The quantitative estimate of drug-likeness (QED) is 0.773. The Kier molecular flexibility index (Phi) is 4.85. The van der Waals surface area contributed by atoms with E-state index in [0.717, 1.165) is 10.6 Å². The van der Waals surface area contributed by atoms with Crippen molar-refractivity contribution >= 4 is 11.6 Å². The molecule has 0 heterocycles. The Bertz CT molecular complexity index is 437. The second kappa shape index (κ2) is 6.40. The molecule has 1 aliphatic carbocycles. The number of likely N-dealkylation sites (N-methyl/N-ethyl adjacent to an activating group) is 1. The molecule has 0 aliphatic heterocycles. The average Bonchev–Trinajstić information content (AvgIpc) is 2.64. The number of aryl methyl sites for hydroxylation is 1. The topological polar surface area (TPSA) is 12.0 Å². The molecular weight excluding hydrogens is 242 g/mol. The molecule has 1 aromatic rings. The smallest absolute Gasteiger partial charge is 0.0548 e. The van der Waals surface area contributed by atoms with Gasteiger partial charge in [0.25, 0.3) is 0 Å². The monoisotopic (exact) mass is 263 g/mol. The summed E-state index contributed by atoms with van der Waals surface area (Å²) in [5.74, 6) is 0. The summed E-state index contributed by atoms with van der Waals surface area (Å²) in [5.41, 5.74) is 3.87. The molecule has 1 nitrogen and oxygen atoms in total. The van der Waals surface area contributed by atoms with E-state index in [1.54, 1.807) is 0 Å². The van der Waals surface area contributed by atoms with Crippen LogP contribution in [0.25, 0.3) is 0 Å². The Morgan fingerprint density at radius 3 is 2.83 bits per heavy atom. The minimum absolute atomic E-state index is 0.274. The molecule has 0 aromatic heterocycles. The van der Waals surface area contributed by atoms with Crippen LogP contribution in [0.3, 0.4) is 0 Å². The molecule has 1 aromatic carbocycles. The molecule has 1 N–H and O–H groups in total. The summed E-state index contributed by atoms with van der Waals surface area (Å²) >= 11 is 6.46. The molecule has 0 saturated carbocycles. The highest BCUT2D eigenvalue weighted by molar-refractivity contribution is 6.32. The van der Waals surface area contributed by atoms with Crippen LogP contribution in [0.1, 0.15) is 49.3 Å². The van der Waals surface area contributed by atoms with Crippen molar-refractivity contribution in [2.24, 2.45) is 0 Å². The van der Waals surface area contributed by atoms with Crippen LogP contribution < -0.4 is 5.32 Å². The first kappa shape index (κ1) is 13.6. The highest BCUT2D eigenvalue weighted by atomic mass is 35.5. The van der Waals surface area contributed by atoms with E-state index in [1.807, 2.05) is 7.05 Å². The number of allylic oxidation sites excluding steroid dienone is 1. The van der Waals surface area contributed by atoms with Gasteiger partial charge in [-0.3, -0.25) is 0 Å². The van der Waals surface area contributed by atoms with E-state index >= 15 is 0 Å². The lowest BCUT2D eigenvalue weighted by molar-refractivity contribution is 0.628. The predicted molar refractivity (Wildman–Crippen MR) is 79.2 cm³/mol. The number of hydrogen-bond acceptors (Lipinski definition) is 1. The molecule has 2 rings (SSSR count). The highest BCUT2D eigenvalue weighted by Gasteiger charge is 2.18. The summed E-state index contributed by atoms with van der Waals surface area (Å²) in [7, 11) is 2.02. The van der Waals surface area contributed by atoms with E-state index in [-0.39, 0.29) is 6.04 Å². The maximum Gasteiger partial charge on any atom is 0.0548 e. The molecule has 0 saturated heterocycles. The maximum absolute atomic E-state index is 6.46. The van der Waals surface area contributed by atoms with E-state index in [9.17, 15) is 0 Å². The third-order valence-corrected chi connectivity index (χ3v) is 4.28. The Morgan fingerprint density at radius 2 is 2.06 bits per heavy atom. The van der Waals surface area contributed by atoms with E-state index in [1.165, 1.54) is 43.2 Å². The molecule has 2 heteroatoms. The average molecular weight is 264 g/mol. The van der Waals surface area contributed by atoms with Crippen molar-refractivity contribution in [2.45, 2.75) is 45.1 Å². The van der Waals surface area contributed by atoms with Gasteiger partial charge in [0.1, 0.15) is 0 Å². The summed E-state index contributed by atoms with van der Waals surface area (Å²) < 4.78 is 0. The predicted octanol–water partition coefficient (Wildman–Crippen LogP) is 4.80. The number of rotatable bonds is 3. The van der Waals surface area contributed by atoms with Gasteiger partial charge >= 0.3 is 0 Å².